The van der Waals surface area contributed by atoms with Crippen LogP contribution in [0.3, 0.4) is 0 Å². The van der Waals surface area contributed by atoms with E-state index in [1.165, 1.54) is 0 Å². The summed E-state index contributed by atoms with van der Waals surface area (Å²) in [6, 6.07) is 0. The average molecular weight is 320 g/mol. The Morgan fingerprint density at radius 1 is 1.47 bits per heavy atom. The van der Waals surface area contributed by atoms with Gasteiger partial charge in [0.05, 0.1) is 9.50 Å². The van der Waals surface area contributed by atoms with Crippen molar-refractivity contribution < 1.29 is 14.3 Å². The molecular weight excluding hydrogens is 307 g/mol. The molecule has 0 radical (unpaired) electrons. The molecular formula is C11H13IO3. The van der Waals surface area contributed by atoms with Gasteiger partial charge >= 0.3 is 5.97 Å². The molecule has 3 heterocycles. The molecule has 0 N–H and O–H groups in total. The van der Waals surface area contributed by atoms with Crippen LogP contribution in [-0.2, 0) is 14.3 Å². The molecule has 0 aromatic heterocycles. The predicted molar refractivity (Wildman–Crippen MR) is 62.7 cm³/mol. The van der Waals surface area contributed by atoms with E-state index in [1.807, 2.05) is 0 Å². The van der Waals surface area contributed by atoms with Gasteiger partial charge in [0, 0.05) is 6.42 Å². The molecule has 1 fully saturated rings. The molecule has 0 aromatic carbocycles. The van der Waals surface area contributed by atoms with Crippen LogP contribution in [0.1, 0.15) is 32.6 Å². The molecule has 4 heteroatoms. The molecule has 0 saturated carbocycles. The van der Waals surface area contributed by atoms with Gasteiger partial charge in [-0.25, -0.2) is 4.79 Å². The normalized spacial score (nSPS) is 43.5. The van der Waals surface area contributed by atoms with Gasteiger partial charge in [0.25, 0.3) is 0 Å². The van der Waals surface area contributed by atoms with Crippen LogP contribution in [0.25, 0.3) is 0 Å². The maximum absolute atomic E-state index is 11.7. The van der Waals surface area contributed by atoms with Crippen LogP contribution in [-0.4, -0.2) is 21.6 Å². The number of fused-ring (bicyclic) bond motifs is 2. The summed E-state index contributed by atoms with van der Waals surface area (Å²) >= 11 is 2.40. The van der Waals surface area contributed by atoms with E-state index < -0.39 is 0 Å². The van der Waals surface area contributed by atoms with E-state index in [9.17, 15) is 4.79 Å². The molecule has 3 aliphatic heterocycles. The predicted octanol–water partition coefficient (Wildman–Crippen LogP) is 2.33. The largest absolute Gasteiger partial charge is 0.490 e. The lowest BCUT2D eigenvalue weighted by molar-refractivity contribution is -0.147. The van der Waals surface area contributed by atoms with Gasteiger partial charge in [0.1, 0.15) is 17.5 Å². The number of carbonyl (C=O) groups excluding carboxylic acids is 1. The number of halogens is 1. The fraction of sp³-hybridized carbons (Fsp3) is 0.727. The fourth-order valence-corrected chi connectivity index (χ4v) is 3.44. The molecule has 3 bridgehead atoms. The van der Waals surface area contributed by atoms with Crippen LogP contribution in [0.4, 0.5) is 0 Å². The first kappa shape index (κ1) is 9.93. The van der Waals surface area contributed by atoms with E-state index in [2.05, 4.69) is 29.5 Å². The summed E-state index contributed by atoms with van der Waals surface area (Å²) in [6.07, 6.45) is 3.56. The standard InChI is InChI=1S/C11H13IO3/c1-11-3-2-6-4-8(15-11)7(5-9(11)12)10(13)14-6/h6,9H,2-5H2,1H3/t6-,9-,11+/m0/s1. The van der Waals surface area contributed by atoms with Crippen LogP contribution in [0, 0.1) is 0 Å². The van der Waals surface area contributed by atoms with Gasteiger partial charge in [-0.2, -0.15) is 0 Å². The van der Waals surface area contributed by atoms with Crippen molar-refractivity contribution in [3.05, 3.63) is 11.3 Å². The third-order valence-corrected chi connectivity index (χ3v) is 5.39. The van der Waals surface area contributed by atoms with Crippen molar-refractivity contribution in [1.29, 1.82) is 0 Å². The smallest absolute Gasteiger partial charge is 0.337 e. The van der Waals surface area contributed by atoms with Crippen LogP contribution >= 0.6 is 22.6 Å². The maximum Gasteiger partial charge on any atom is 0.337 e. The third-order valence-electron chi connectivity index (χ3n) is 3.63. The monoisotopic (exact) mass is 320 g/mol. The molecule has 3 aliphatic rings. The van der Waals surface area contributed by atoms with E-state index in [0.29, 0.717) is 3.92 Å². The van der Waals surface area contributed by atoms with Crippen molar-refractivity contribution in [1.82, 2.24) is 0 Å². The summed E-state index contributed by atoms with van der Waals surface area (Å²) in [4.78, 5) is 11.7. The van der Waals surface area contributed by atoms with Gasteiger partial charge in [-0.05, 0) is 26.2 Å². The minimum absolute atomic E-state index is 0.0553. The second-order valence-corrected chi connectivity index (χ2v) is 6.26. The Balaban J connectivity index is 2.09. The first-order valence-corrected chi connectivity index (χ1v) is 6.59. The van der Waals surface area contributed by atoms with Crippen LogP contribution in [0.2, 0.25) is 0 Å². The molecule has 0 amide bonds. The number of carbonyl (C=O) groups is 1. The molecule has 0 aliphatic carbocycles. The zero-order valence-corrected chi connectivity index (χ0v) is 10.7. The number of alkyl halides is 1. The highest BCUT2D eigenvalue weighted by molar-refractivity contribution is 14.1. The average Bonchev–Trinajstić information content (AvgIpc) is 2.27. The van der Waals surface area contributed by atoms with Crippen molar-refractivity contribution in [3.63, 3.8) is 0 Å². The second-order valence-electron chi connectivity index (χ2n) is 4.76. The lowest BCUT2D eigenvalue weighted by Crippen LogP contribution is -2.42. The second kappa shape index (κ2) is 3.12. The highest BCUT2D eigenvalue weighted by atomic mass is 127. The summed E-state index contributed by atoms with van der Waals surface area (Å²) in [6.45, 7) is 2.15. The fourth-order valence-electron chi connectivity index (χ4n) is 2.57. The Morgan fingerprint density at radius 2 is 2.27 bits per heavy atom. The van der Waals surface area contributed by atoms with Gasteiger partial charge in [-0.3, -0.25) is 0 Å². The summed E-state index contributed by atoms with van der Waals surface area (Å²) in [5.41, 5.74) is 0.687. The van der Waals surface area contributed by atoms with E-state index in [0.717, 1.165) is 37.0 Å². The van der Waals surface area contributed by atoms with E-state index in [-0.39, 0.29) is 17.7 Å². The molecule has 1 saturated heterocycles. The van der Waals surface area contributed by atoms with Crippen molar-refractivity contribution in [2.45, 2.75) is 48.2 Å². The Labute approximate surface area is 102 Å². The van der Waals surface area contributed by atoms with Crippen LogP contribution in [0.15, 0.2) is 11.3 Å². The van der Waals surface area contributed by atoms with Crippen molar-refractivity contribution in [2.24, 2.45) is 0 Å². The number of ether oxygens (including phenoxy) is 2. The maximum atomic E-state index is 11.7. The minimum Gasteiger partial charge on any atom is -0.490 e. The van der Waals surface area contributed by atoms with E-state index >= 15 is 0 Å². The summed E-state index contributed by atoms with van der Waals surface area (Å²) in [5.74, 6) is 0.760. The van der Waals surface area contributed by atoms with Gasteiger partial charge in [-0.15, -0.1) is 0 Å². The molecule has 3 rings (SSSR count). The summed E-state index contributed by atoms with van der Waals surface area (Å²) in [7, 11) is 0. The Hall–Kier alpha value is -0.260. The van der Waals surface area contributed by atoms with Crippen LogP contribution < -0.4 is 0 Å². The Morgan fingerprint density at radius 3 is 3.07 bits per heavy atom. The Bertz CT molecular complexity index is 363. The van der Waals surface area contributed by atoms with Crippen molar-refractivity contribution >= 4 is 28.6 Å². The highest BCUT2D eigenvalue weighted by Gasteiger charge is 2.47. The first-order chi connectivity index (χ1) is 7.08. The van der Waals surface area contributed by atoms with Gasteiger partial charge < -0.3 is 9.47 Å². The number of hydrogen-bond donors (Lipinski definition) is 0. The molecule has 3 nitrogen and oxygen atoms in total. The summed E-state index contributed by atoms with van der Waals surface area (Å²) in [5, 5.41) is 0. The molecule has 0 aromatic rings. The van der Waals surface area contributed by atoms with E-state index in [1.54, 1.807) is 0 Å². The molecule has 82 valence electrons. The SMILES string of the molecule is C[C@@]12CC[C@H]3CC(=C(C[C@@H]1I)C(=O)O3)O2. The molecule has 0 unspecified atom stereocenters. The van der Waals surface area contributed by atoms with Crippen molar-refractivity contribution in [2.75, 3.05) is 0 Å². The lowest BCUT2D eigenvalue weighted by Gasteiger charge is -2.39. The van der Waals surface area contributed by atoms with Gasteiger partial charge in [0.15, 0.2) is 0 Å². The van der Waals surface area contributed by atoms with Gasteiger partial charge in [0.2, 0.25) is 0 Å². The third kappa shape index (κ3) is 1.40. The highest BCUT2D eigenvalue weighted by Crippen LogP contribution is 2.46. The number of rotatable bonds is 0. The zero-order valence-electron chi connectivity index (χ0n) is 8.59. The first-order valence-electron chi connectivity index (χ1n) is 5.34. The lowest BCUT2D eigenvalue weighted by atomic mass is 9.90. The van der Waals surface area contributed by atoms with Gasteiger partial charge in [-0.1, -0.05) is 22.6 Å². The van der Waals surface area contributed by atoms with Crippen molar-refractivity contribution in [3.8, 4) is 0 Å². The molecule has 0 spiro atoms. The quantitative estimate of drug-likeness (QED) is 0.390. The molecule has 3 atom stereocenters. The minimum atomic E-state index is -0.146. The Kier molecular flexibility index (Phi) is 2.06. The number of esters is 1. The number of hydrogen-bond acceptors (Lipinski definition) is 3. The molecule has 15 heavy (non-hydrogen) atoms. The topological polar surface area (TPSA) is 35.5 Å². The van der Waals surface area contributed by atoms with E-state index in [4.69, 9.17) is 9.47 Å². The zero-order chi connectivity index (χ0) is 10.6. The summed E-state index contributed by atoms with van der Waals surface area (Å²) < 4.78 is 11.8. The van der Waals surface area contributed by atoms with Crippen LogP contribution in [0.5, 0.6) is 0 Å².